The van der Waals surface area contributed by atoms with E-state index in [0.717, 1.165) is 0 Å². The van der Waals surface area contributed by atoms with E-state index >= 15 is 0 Å². The van der Waals surface area contributed by atoms with Crippen LogP contribution in [-0.4, -0.2) is 52.5 Å². The van der Waals surface area contributed by atoms with Gasteiger partial charge in [-0.15, -0.1) is 0 Å². The fourth-order valence-corrected chi connectivity index (χ4v) is 4.08. The molecule has 3 amide bonds. The smallest absolute Gasteiger partial charge is 0.410 e. The van der Waals surface area contributed by atoms with E-state index in [1.807, 2.05) is 20.8 Å². The number of rotatable bonds is 5. The molecule has 6 N–H and O–H groups in total. The predicted octanol–water partition coefficient (Wildman–Crippen LogP) is 4.30. The van der Waals surface area contributed by atoms with Crippen molar-refractivity contribution in [2.45, 2.75) is 52.2 Å². The first kappa shape index (κ1) is 26.7. The zero-order valence-electron chi connectivity index (χ0n) is 20.1. The lowest BCUT2D eigenvalue weighted by Gasteiger charge is -2.34. The molecule has 0 bridgehead atoms. The van der Waals surface area contributed by atoms with Crippen LogP contribution in [0.5, 0.6) is 0 Å². The van der Waals surface area contributed by atoms with Crippen LogP contribution in [0.1, 0.15) is 60.2 Å². The monoisotopic (exact) mass is 524 g/mol. The van der Waals surface area contributed by atoms with E-state index in [2.05, 4.69) is 21.0 Å². The largest absolute Gasteiger partial charge is 0.444 e. The molecule has 10 nitrogen and oxygen atoms in total. The van der Waals surface area contributed by atoms with Gasteiger partial charge in [-0.3, -0.25) is 15.0 Å². The first-order chi connectivity index (χ1) is 16.4. The molecule has 12 heteroatoms. The Kier molecular flexibility index (Phi) is 8.19. The molecule has 1 aliphatic rings. The Morgan fingerprint density at radius 2 is 1.74 bits per heavy atom. The van der Waals surface area contributed by atoms with Crippen LogP contribution in [0.4, 0.5) is 16.2 Å². The summed E-state index contributed by atoms with van der Waals surface area (Å²) < 4.78 is 5.45. The number of aryl methyl sites for hydroxylation is 1. The van der Waals surface area contributed by atoms with Crippen molar-refractivity contribution in [1.82, 2.24) is 15.3 Å². The summed E-state index contributed by atoms with van der Waals surface area (Å²) in [5.74, 6) is 4.33. The van der Waals surface area contributed by atoms with Gasteiger partial charge in [0.15, 0.2) is 0 Å². The third-order valence-corrected chi connectivity index (χ3v) is 6.40. The number of aromatic nitrogens is 1. The van der Waals surface area contributed by atoms with E-state index in [1.165, 1.54) is 0 Å². The van der Waals surface area contributed by atoms with E-state index < -0.39 is 17.4 Å². The maximum absolute atomic E-state index is 12.9. The maximum Gasteiger partial charge on any atom is 0.410 e. The van der Waals surface area contributed by atoms with Crippen molar-refractivity contribution in [3.05, 3.63) is 45.2 Å². The third-order valence-electron chi connectivity index (χ3n) is 5.45. The highest BCUT2D eigenvalue weighted by Crippen LogP contribution is 2.31. The lowest BCUT2D eigenvalue weighted by Crippen LogP contribution is -2.44. The van der Waals surface area contributed by atoms with E-state index in [1.54, 1.807) is 30.0 Å². The number of aromatic amines is 1. The molecule has 1 aromatic carbocycles. The zero-order valence-corrected chi connectivity index (χ0v) is 21.6. The number of likely N-dealkylation sites (tertiary alicyclic amines) is 1. The number of carbonyl (C=O) groups excluding carboxylic acids is 3. The topological polar surface area (TPSA) is 142 Å². The number of hydrazine groups is 1. The quantitative estimate of drug-likeness (QED) is 0.224. The summed E-state index contributed by atoms with van der Waals surface area (Å²) in [4.78, 5) is 41.9. The van der Waals surface area contributed by atoms with Gasteiger partial charge in [0.25, 0.3) is 11.8 Å². The summed E-state index contributed by atoms with van der Waals surface area (Å²) in [7, 11) is 0. The lowest BCUT2D eigenvalue weighted by atomic mass is 10.0. The molecule has 190 valence electrons. The number of nitrogens with zero attached hydrogens (tertiary/aromatic N) is 1. The highest BCUT2D eigenvalue weighted by molar-refractivity contribution is 6.44. The number of carbonyl (C=O) groups is 3. The summed E-state index contributed by atoms with van der Waals surface area (Å²) in [5.41, 5.74) is 3.54. The molecule has 1 fully saturated rings. The van der Waals surface area contributed by atoms with Crippen LogP contribution in [0.15, 0.2) is 18.2 Å². The standard InChI is InChI=1S/C23H30Cl2N6O4/c1-12-17(24)18(25)19(27-12)21(33)29-15-6-5-13(20(32)30-26)11-16(15)28-14-7-9-31(10-8-14)22(34)35-23(2,3)4/h5-6,11,14,27-28H,7-10,26H2,1-4H3,(H,29,33)(H,30,32). The maximum atomic E-state index is 12.9. The van der Waals surface area contributed by atoms with Crippen LogP contribution in [0.25, 0.3) is 0 Å². The number of nitrogen functional groups attached to an aromatic ring is 1. The molecular weight excluding hydrogens is 495 g/mol. The van der Waals surface area contributed by atoms with Gasteiger partial charge in [-0.2, -0.15) is 0 Å². The highest BCUT2D eigenvalue weighted by Gasteiger charge is 2.27. The van der Waals surface area contributed by atoms with Crippen molar-refractivity contribution in [3.63, 3.8) is 0 Å². The SMILES string of the molecule is Cc1[nH]c(C(=O)Nc2ccc(C(=O)NN)cc2NC2CCN(C(=O)OC(C)(C)C)CC2)c(Cl)c1Cl. The van der Waals surface area contributed by atoms with Crippen LogP contribution in [0.3, 0.4) is 0 Å². The molecule has 2 heterocycles. The van der Waals surface area contributed by atoms with Gasteiger partial charge in [0.1, 0.15) is 11.3 Å². The van der Waals surface area contributed by atoms with Gasteiger partial charge in [-0.05, 0) is 58.7 Å². The van der Waals surface area contributed by atoms with Gasteiger partial charge < -0.3 is 25.3 Å². The van der Waals surface area contributed by atoms with Gasteiger partial charge in [-0.25, -0.2) is 10.6 Å². The molecule has 0 radical (unpaired) electrons. The van der Waals surface area contributed by atoms with Gasteiger partial charge in [0.2, 0.25) is 0 Å². The third kappa shape index (κ3) is 6.59. The van der Waals surface area contributed by atoms with E-state index in [4.69, 9.17) is 33.8 Å². The minimum Gasteiger partial charge on any atom is -0.444 e. The highest BCUT2D eigenvalue weighted by atomic mass is 35.5. The number of H-pyrrole nitrogens is 1. The average Bonchev–Trinajstić information content (AvgIpc) is 3.06. The number of hydrogen-bond acceptors (Lipinski definition) is 6. The second kappa shape index (κ2) is 10.8. The first-order valence-corrected chi connectivity index (χ1v) is 11.9. The Balaban J connectivity index is 1.76. The Morgan fingerprint density at radius 3 is 2.29 bits per heavy atom. The summed E-state index contributed by atoms with van der Waals surface area (Å²) in [6.45, 7) is 8.21. The second-order valence-corrected chi connectivity index (χ2v) is 10.1. The summed E-state index contributed by atoms with van der Waals surface area (Å²) in [6, 6.07) is 4.74. The molecule has 1 saturated heterocycles. The number of benzene rings is 1. The zero-order chi connectivity index (χ0) is 25.9. The minimum atomic E-state index is -0.561. The fraction of sp³-hybridized carbons (Fsp3) is 0.435. The molecule has 0 spiro atoms. The number of anilines is 2. The number of hydrogen-bond donors (Lipinski definition) is 5. The number of amides is 3. The molecule has 0 saturated carbocycles. The van der Waals surface area contributed by atoms with Crippen molar-refractivity contribution < 1.29 is 19.1 Å². The average molecular weight is 525 g/mol. The van der Waals surface area contributed by atoms with E-state index in [9.17, 15) is 14.4 Å². The van der Waals surface area contributed by atoms with Crippen LogP contribution < -0.4 is 21.9 Å². The molecule has 35 heavy (non-hydrogen) atoms. The number of halogens is 2. The van der Waals surface area contributed by atoms with E-state index in [0.29, 0.717) is 48.6 Å². The van der Waals surface area contributed by atoms with Crippen molar-refractivity contribution in [2.75, 3.05) is 23.7 Å². The second-order valence-electron chi connectivity index (χ2n) is 9.33. The molecule has 2 aromatic rings. The number of nitrogens with one attached hydrogen (secondary N) is 4. The number of ether oxygens (including phenoxy) is 1. The molecule has 3 rings (SSSR count). The predicted molar refractivity (Wildman–Crippen MR) is 136 cm³/mol. The summed E-state index contributed by atoms with van der Waals surface area (Å²) >= 11 is 12.3. The van der Waals surface area contributed by atoms with Crippen LogP contribution >= 0.6 is 23.2 Å². The van der Waals surface area contributed by atoms with Crippen molar-refractivity contribution >= 4 is 52.5 Å². The van der Waals surface area contributed by atoms with Crippen LogP contribution in [0, 0.1) is 6.92 Å². The number of piperidine rings is 1. The Labute approximate surface area is 213 Å². The van der Waals surface area contributed by atoms with Gasteiger partial charge in [-0.1, -0.05) is 23.2 Å². The van der Waals surface area contributed by atoms with Gasteiger partial charge >= 0.3 is 6.09 Å². The van der Waals surface area contributed by atoms with Gasteiger partial charge in [0.05, 0.1) is 21.4 Å². The molecular formula is C23H30Cl2N6O4. The summed E-state index contributed by atoms with van der Waals surface area (Å²) in [6.07, 6.45) is 0.955. The Morgan fingerprint density at radius 1 is 1.09 bits per heavy atom. The lowest BCUT2D eigenvalue weighted by molar-refractivity contribution is 0.0210. The molecule has 1 aliphatic heterocycles. The normalized spacial score (nSPS) is 14.4. The van der Waals surface area contributed by atoms with Crippen LogP contribution in [-0.2, 0) is 4.74 Å². The van der Waals surface area contributed by atoms with Crippen molar-refractivity contribution in [3.8, 4) is 0 Å². The molecule has 0 aliphatic carbocycles. The molecule has 1 aromatic heterocycles. The summed E-state index contributed by atoms with van der Waals surface area (Å²) in [5, 5.41) is 6.60. The number of nitrogens with two attached hydrogens (primary N) is 1. The van der Waals surface area contributed by atoms with Crippen molar-refractivity contribution in [1.29, 1.82) is 0 Å². The van der Waals surface area contributed by atoms with Crippen LogP contribution in [0.2, 0.25) is 10.0 Å². The Hall–Kier alpha value is -2.95. The Bertz CT molecular complexity index is 1120. The minimum absolute atomic E-state index is 0.00806. The first-order valence-electron chi connectivity index (χ1n) is 11.1. The van der Waals surface area contributed by atoms with E-state index in [-0.39, 0.29) is 27.9 Å². The van der Waals surface area contributed by atoms with Gasteiger partial charge in [0, 0.05) is 30.4 Å². The van der Waals surface area contributed by atoms with Crippen molar-refractivity contribution in [2.24, 2.45) is 5.84 Å². The molecule has 0 unspecified atom stereocenters. The molecule has 0 atom stereocenters. The fourth-order valence-electron chi connectivity index (χ4n) is 3.66.